The van der Waals surface area contributed by atoms with Crippen molar-refractivity contribution in [1.29, 1.82) is 0 Å². The topological polar surface area (TPSA) is 95.1 Å². The molecule has 144 valence electrons. The van der Waals surface area contributed by atoms with Crippen LogP contribution in [0.25, 0.3) is 11.4 Å². The highest BCUT2D eigenvalue weighted by atomic mass is 16.5. The van der Waals surface area contributed by atoms with Gasteiger partial charge >= 0.3 is 0 Å². The van der Waals surface area contributed by atoms with E-state index in [0.717, 1.165) is 55.1 Å². The second-order valence-corrected chi connectivity index (χ2v) is 7.44. The quantitative estimate of drug-likeness (QED) is 0.863. The van der Waals surface area contributed by atoms with E-state index in [1.54, 1.807) is 0 Å². The summed E-state index contributed by atoms with van der Waals surface area (Å²) in [6.07, 6.45) is 6.25. The molecule has 0 bridgehead atoms. The van der Waals surface area contributed by atoms with Crippen LogP contribution >= 0.6 is 0 Å². The largest absolute Gasteiger partial charge is 0.381 e. The maximum atomic E-state index is 12.5. The van der Waals surface area contributed by atoms with Crippen molar-refractivity contribution < 1.29 is 9.53 Å². The zero-order valence-corrected chi connectivity index (χ0v) is 15.6. The van der Waals surface area contributed by atoms with E-state index in [2.05, 4.69) is 20.1 Å². The number of nitrogens with two attached hydrogens (primary N) is 1. The minimum Gasteiger partial charge on any atom is -0.381 e. The molecule has 3 N–H and O–H groups in total. The highest BCUT2D eigenvalue weighted by Gasteiger charge is 2.26. The smallest absolute Gasteiger partial charge is 0.241 e. The monoisotopic (exact) mass is 369 g/mol. The molecule has 3 heterocycles. The van der Waals surface area contributed by atoms with E-state index in [0.29, 0.717) is 13.2 Å². The van der Waals surface area contributed by atoms with Gasteiger partial charge in [0.15, 0.2) is 5.82 Å². The van der Waals surface area contributed by atoms with Gasteiger partial charge in [0.1, 0.15) is 5.82 Å². The average Bonchev–Trinajstić information content (AvgIpc) is 2.96. The zero-order valence-electron chi connectivity index (χ0n) is 15.6. The van der Waals surface area contributed by atoms with Crippen LogP contribution in [0.15, 0.2) is 24.3 Å². The molecule has 1 fully saturated rings. The summed E-state index contributed by atoms with van der Waals surface area (Å²) in [4.78, 5) is 12.5. The fourth-order valence-corrected chi connectivity index (χ4v) is 3.92. The van der Waals surface area contributed by atoms with E-state index in [1.807, 2.05) is 24.3 Å². The summed E-state index contributed by atoms with van der Waals surface area (Å²) >= 11 is 0. The zero-order chi connectivity index (χ0) is 18.6. The number of hydrogen-bond acceptors (Lipinski definition) is 5. The highest BCUT2D eigenvalue weighted by molar-refractivity contribution is 5.95. The lowest BCUT2D eigenvalue weighted by Crippen LogP contribution is -2.43. The maximum absolute atomic E-state index is 12.5. The number of benzene rings is 1. The van der Waals surface area contributed by atoms with Gasteiger partial charge in [-0.2, -0.15) is 0 Å². The molecule has 0 saturated carbocycles. The van der Waals surface area contributed by atoms with Crippen LogP contribution in [-0.4, -0.2) is 39.9 Å². The molecular formula is C20H27N5O2. The average molecular weight is 369 g/mol. The van der Waals surface area contributed by atoms with Gasteiger partial charge in [-0.1, -0.05) is 6.42 Å². The number of ether oxygens (including phenoxy) is 1. The highest BCUT2D eigenvalue weighted by Crippen LogP contribution is 2.24. The summed E-state index contributed by atoms with van der Waals surface area (Å²) < 4.78 is 7.57. The molecule has 1 amide bonds. The Bertz CT molecular complexity index is 780. The van der Waals surface area contributed by atoms with Crippen molar-refractivity contribution >= 4 is 11.6 Å². The minimum absolute atomic E-state index is 0.133. The Hall–Kier alpha value is -2.25. The van der Waals surface area contributed by atoms with Gasteiger partial charge in [0.2, 0.25) is 5.91 Å². The third-order valence-electron chi connectivity index (χ3n) is 5.60. The molecule has 1 atom stereocenters. The molecule has 4 rings (SSSR count). The number of hydrogen-bond donors (Lipinski definition) is 2. The Balaban J connectivity index is 1.43. The lowest BCUT2D eigenvalue weighted by Gasteiger charge is -2.26. The number of nitrogens with one attached hydrogen (secondary N) is 1. The summed E-state index contributed by atoms with van der Waals surface area (Å²) in [5.74, 6) is 2.03. The maximum Gasteiger partial charge on any atom is 0.241 e. The number of carbonyl (C=O) groups is 1. The van der Waals surface area contributed by atoms with Gasteiger partial charge in [0.25, 0.3) is 0 Å². The molecule has 1 aromatic heterocycles. The molecular weight excluding hydrogens is 342 g/mol. The van der Waals surface area contributed by atoms with Crippen molar-refractivity contribution in [2.24, 2.45) is 11.7 Å². The molecule has 7 heteroatoms. The van der Waals surface area contributed by atoms with Crippen LogP contribution in [0, 0.1) is 5.92 Å². The summed E-state index contributed by atoms with van der Waals surface area (Å²) in [7, 11) is 0. The summed E-state index contributed by atoms with van der Waals surface area (Å²) in [6.45, 7) is 2.34. The molecule has 1 aromatic carbocycles. The Morgan fingerprint density at radius 3 is 2.70 bits per heavy atom. The van der Waals surface area contributed by atoms with Crippen LogP contribution in [0.3, 0.4) is 0 Å². The van der Waals surface area contributed by atoms with Gasteiger partial charge in [0, 0.05) is 37.4 Å². The van der Waals surface area contributed by atoms with E-state index in [-0.39, 0.29) is 11.8 Å². The molecule has 2 aromatic rings. The van der Waals surface area contributed by atoms with Crippen LogP contribution in [-0.2, 0) is 22.5 Å². The summed E-state index contributed by atoms with van der Waals surface area (Å²) in [6, 6.07) is 7.28. The van der Waals surface area contributed by atoms with Crippen LogP contribution in [0.2, 0.25) is 0 Å². The van der Waals surface area contributed by atoms with Crippen LogP contribution < -0.4 is 11.1 Å². The Kier molecular flexibility index (Phi) is 5.50. The van der Waals surface area contributed by atoms with Crippen molar-refractivity contribution in [2.45, 2.75) is 51.1 Å². The number of fused-ring (bicyclic) bond motifs is 1. The number of anilines is 1. The van der Waals surface area contributed by atoms with E-state index in [4.69, 9.17) is 10.5 Å². The molecule has 0 spiro atoms. The Morgan fingerprint density at radius 2 is 1.93 bits per heavy atom. The second kappa shape index (κ2) is 8.19. The van der Waals surface area contributed by atoms with Gasteiger partial charge in [-0.05, 0) is 55.9 Å². The normalized spacial score (nSPS) is 19.1. The first-order valence-corrected chi connectivity index (χ1v) is 9.89. The number of aryl methyl sites for hydroxylation is 1. The first kappa shape index (κ1) is 18.1. The molecule has 2 aliphatic heterocycles. The predicted molar refractivity (Wildman–Crippen MR) is 103 cm³/mol. The van der Waals surface area contributed by atoms with E-state index in [1.165, 1.54) is 12.8 Å². The molecule has 7 nitrogen and oxygen atoms in total. The lowest BCUT2D eigenvalue weighted by molar-refractivity contribution is -0.119. The van der Waals surface area contributed by atoms with Gasteiger partial charge in [-0.15, -0.1) is 10.2 Å². The fourth-order valence-electron chi connectivity index (χ4n) is 3.92. The molecule has 1 unspecified atom stereocenters. The number of amides is 1. The summed E-state index contributed by atoms with van der Waals surface area (Å²) in [5.41, 5.74) is 7.92. The van der Waals surface area contributed by atoms with Crippen molar-refractivity contribution in [2.75, 3.05) is 18.5 Å². The van der Waals surface area contributed by atoms with E-state index >= 15 is 0 Å². The molecule has 1 saturated heterocycles. The van der Waals surface area contributed by atoms with Gasteiger partial charge in [-0.3, -0.25) is 4.79 Å². The van der Waals surface area contributed by atoms with E-state index in [9.17, 15) is 4.79 Å². The standard InChI is InChI=1S/C20H27N5O2/c21-18(14-9-12-27-13-10-14)20(26)22-16-7-5-15(6-8-16)19-24-23-17-4-2-1-3-11-25(17)19/h5-8,14,18H,1-4,9-13,21H2,(H,22,26). The number of carbonyl (C=O) groups excluding carboxylic acids is 1. The Morgan fingerprint density at radius 1 is 1.15 bits per heavy atom. The molecule has 0 radical (unpaired) electrons. The SMILES string of the molecule is NC(C(=O)Nc1ccc(-c2nnc3n2CCCCC3)cc1)C1CCOCC1. The third-order valence-corrected chi connectivity index (χ3v) is 5.60. The number of aromatic nitrogens is 3. The van der Waals surface area contributed by atoms with Crippen molar-refractivity contribution in [3.8, 4) is 11.4 Å². The second-order valence-electron chi connectivity index (χ2n) is 7.44. The van der Waals surface area contributed by atoms with Gasteiger partial charge < -0.3 is 20.4 Å². The molecule has 2 aliphatic rings. The summed E-state index contributed by atoms with van der Waals surface area (Å²) in [5, 5.41) is 11.7. The lowest BCUT2D eigenvalue weighted by atomic mass is 9.92. The van der Waals surface area contributed by atoms with Crippen molar-refractivity contribution in [3.05, 3.63) is 30.1 Å². The van der Waals surface area contributed by atoms with E-state index < -0.39 is 6.04 Å². The van der Waals surface area contributed by atoms with Crippen LogP contribution in [0.4, 0.5) is 5.69 Å². The third kappa shape index (κ3) is 4.04. The van der Waals surface area contributed by atoms with Crippen LogP contribution in [0.5, 0.6) is 0 Å². The molecule has 0 aliphatic carbocycles. The Labute approximate surface area is 159 Å². The first-order valence-electron chi connectivity index (χ1n) is 9.89. The van der Waals surface area contributed by atoms with Crippen molar-refractivity contribution in [3.63, 3.8) is 0 Å². The fraction of sp³-hybridized carbons (Fsp3) is 0.550. The van der Waals surface area contributed by atoms with Crippen LogP contribution in [0.1, 0.15) is 37.9 Å². The minimum atomic E-state index is -0.499. The van der Waals surface area contributed by atoms with Gasteiger partial charge in [-0.25, -0.2) is 0 Å². The number of nitrogens with zero attached hydrogens (tertiary/aromatic N) is 3. The molecule has 27 heavy (non-hydrogen) atoms. The number of rotatable bonds is 4. The predicted octanol–water partition coefficient (Wildman–Crippen LogP) is 2.36. The first-order chi connectivity index (χ1) is 13.2. The van der Waals surface area contributed by atoms with Crippen molar-refractivity contribution in [1.82, 2.24) is 14.8 Å². The van der Waals surface area contributed by atoms with Gasteiger partial charge in [0.05, 0.1) is 6.04 Å².